The van der Waals surface area contributed by atoms with Crippen molar-refractivity contribution in [3.63, 3.8) is 0 Å². The summed E-state index contributed by atoms with van der Waals surface area (Å²) < 4.78 is 25.4. The maximum atomic E-state index is 12.7. The van der Waals surface area contributed by atoms with E-state index in [1.807, 2.05) is 11.0 Å². The van der Waals surface area contributed by atoms with Crippen LogP contribution in [0.3, 0.4) is 0 Å². The van der Waals surface area contributed by atoms with Crippen molar-refractivity contribution in [1.82, 2.24) is 11.0 Å². The van der Waals surface area contributed by atoms with Gasteiger partial charge in [0.2, 0.25) is 0 Å². The third kappa shape index (κ3) is 5.75. The summed E-state index contributed by atoms with van der Waals surface area (Å²) in [7, 11) is 0. The molecule has 0 aliphatic carbocycles. The first-order chi connectivity index (χ1) is 11.5. The van der Waals surface area contributed by atoms with Gasteiger partial charge in [0.25, 0.3) is 0 Å². The zero-order chi connectivity index (χ0) is 17.4. The Hall–Kier alpha value is -2.84. The molecule has 2 rings (SSSR count). The highest BCUT2D eigenvalue weighted by molar-refractivity contribution is 6.34. The first-order valence-electron chi connectivity index (χ1n) is 6.87. The van der Waals surface area contributed by atoms with Gasteiger partial charge in [0.1, 0.15) is 11.6 Å². The molecule has 24 heavy (non-hydrogen) atoms. The topological polar surface area (TPSA) is 76.7 Å². The number of hydrogen-bond donors (Lipinski definition) is 2. The van der Waals surface area contributed by atoms with Gasteiger partial charge in [0.15, 0.2) is 0 Å². The Morgan fingerprint density at radius 2 is 1.04 bits per heavy atom. The summed E-state index contributed by atoms with van der Waals surface area (Å²) in [5.74, 6) is -2.90. The Labute approximate surface area is 136 Å². The molecule has 0 aliphatic heterocycles. The van der Waals surface area contributed by atoms with Crippen molar-refractivity contribution in [2.24, 2.45) is 0 Å². The minimum atomic E-state index is -1.06. The maximum absolute atomic E-state index is 12.7. The molecule has 2 amide bonds. The zero-order valence-electron chi connectivity index (χ0n) is 12.4. The summed E-state index contributed by atoms with van der Waals surface area (Å²) in [6.07, 6.45) is 0. The average Bonchev–Trinajstić information content (AvgIpc) is 2.58. The minimum Gasteiger partial charge on any atom is -0.268 e. The van der Waals surface area contributed by atoms with E-state index in [-0.39, 0.29) is 24.8 Å². The summed E-state index contributed by atoms with van der Waals surface area (Å²) in [6.45, 7) is -0.0640. The highest BCUT2D eigenvalue weighted by Gasteiger charge is 2.13. The molecule has 0 atom stereocenters. The van der Waals surface area contributed by atoms with Crippen LogP contribution in [0.1, 0.15) is 11.1 Å². The molecule has 0 radical (unpaired) electrons. The lowest BCUT2D eigenvalue weighted by Crippen LogP contribution is -2.39. The van der Waals surface area contributed by atoms with E-state index in [0.29, 0.717) is 11.1 Å². The lowest BCUT2D eigenvalue weighted by atomic mass is 10.2. The van der Waals surface area contributed by atoms with Crippen LogP contribution in [-0.4, -0.2) is 11.8 Å². The van der Waals surface area contributed by atoms with E-state index >= 15 is 0 Å². The van der Waals surface area contributed by atoms with Gasteiger partial charge < -0.3 is 0 Å². The van der Waals surface area contributed by atoms with Crippen molar-refractivity contribution in [2.75, 3.05) is 0 Å². The lowest BCUT2D eigenvalue weighted by Gasteiger charge is -2.07. The van der Waals surface area contributed by atoms with Gasteiger partial charge in [-0.05, 0) is 35.4 Å². The van der Waals surface area contributed by atoms with Crippen LogP contribution >= 0.6 is 0 Å². The number of halogens is 2. The summed E-state index contributed by atoms with van der Waals surface area (Å²) in [5, 5.41) is 0. The van der Waals surface area contributed by atoms with Crippen molar-refractivity contribution in [1.29, 1.82) is 0 Å². The molecule has 2 aromatic carbocycles. The van der Waals surface area contributed by atoms with Crippen LogP contribution < -0.4 is 11.0 Å². The molecule has 8 heteroatoms. The van der Waals surface area contributed by atoms with Crippen molar-refractivity contribution in [2.45, 2.75) is 13.2 Å². The van der Waals surface area contributed by atoms with E-state index < -0.39 is 11.8 Å². The highest BCUT2D eigenvalue weighted by atomic mass is 19.1. The van der Waals surface area contributed by atoms with E-state index in [1.54, 1.807) is 0 Å². The SMILES string of the molecule is O=C(NOCc1ccc(F)cc1)C(=O)NOCc1ccc(F)cc1. The van der Waals surface area contributed by atoms with Gasteiger partial charge in [-0.25, -0.2) is 19.7 Å². The van der Waals surface area contributed by atoms with Crippen LogP contribution in [0, 0.1) is 11.6 Å². The first-order valence-corrected chi connectivity index (χ1v) is 6.87. The summed E-state index contributed by atoms with van der Waals surface area (Å²) in [5.41, 5.74) is 5.09. The average molecular weight is 336 g/mol. The fourth-order valence-corrected chi connectivity index (χ4v) is 1.62. The monoisotopic (exact) mass is 336 g/mol. The van der Waals surface area contributed by atoms with Crippen LogP contribution in [0.5, 0.6) is 0 Å². The third-order valence-corrected chi connectivity index (χ3v) is 2.84. The van der Waals surface area contributed by atoms with E-state index in [1.165, 1.54) is 48.5 Å². The maximum Gasteiger partial charge on any atom is 0.335 e. The first kappa shape index (κ1) is 17.5. The van der Waals surface area contributed by atoms with Crippen LogP contribution in [0.4, 0.5) is 8.78 Å². The molecular formula is C16H14F2N2O4. The van der Waals surface area contributed by atoms with Gasteiger partial charge in [0, 0.05) is 0 Å². The minimum absolute atomic E-state index is 0.0320. The van der Waals surface area contributed by atoms with E-state index in [2.05, 4.69) is 0 Å². The largest absolute Gasteiger partial charge is 0.335 e. The Kier molecular flexibility index (Phi) is 6.35. The van der Waals surface area contributed by atoms with Gasteiger partial charge in [-0.1, -0.05) is 24.3 Å². The molecular weight excluding hydrogens is 322 g/mol. The molecule has 0 unspecified atom stereocenters. The number of hydrogen-bond acceptors (Lipinski definition) is 4. The number of hydroxylamine groups is 2. The van der Waals surface area contributed by atoms with Crippen LogP contribution in [0.15, 0.2) is 48.5 Å². The summed E-state index contributed by atoms with van der Waals surface area (Å²) in [4.78, 5) is 32.6. The second-order valence-corrected chi connectivity index (χ2v) is 4.69. The number of carbonyl (C=O) groups excluding carboxylic acids is 2. The Bertz CT molecular complexity index is 629. The van der Waals surface area contributed by atoms with Crippen molar-refractivity contribution < 1.29 is 28.0 Å². The molecule has 0 bridgehead atoms. The van der Waals surface area contributed by atoms with Crippen LogP contribution in [-0.2, 0) is 32.5 Å². The standard InChI is InChI=1S/C16H14F2N2O4/c17-13-5-1-11(2-6-13)9-23-19-15(21)16(22)20-24-10-12-3-7-14(18)8-4-12/h1-8H,9-10H2,(H,19,21)(H,20,22). The van der Waals surface area contributed by atoms with Crippen molar-refractivity contribution in [3.05, 3.63) is 71.3 Å². The van der Waals surface area contributed by atoms with E-state index in [0.717, 1.165) is 0 Å². The molecule has 0 heterocycles. The van der Waals surface area contributed by atoms with Gasteiger partial charge in [0.05, 0.1) is 13.2 Å². The molecule has 0 aromatic heterocycles. The fraction of sp³-hybridized carbons (Fsp3) is 0.125. The quantitative estimate of drug-likeness (QED) is 0.623. The summed E-state index contributed by atoms with van der Waals surface area (Å²) >= 11 is 0. The fourth-order valence-electron chi connectivity index (χ4n) is 1.62. The Balaban J connectivity index is 1.65. The molecule has 0 aliphatic rings. The predicted octanol–water partition coefficient (Wildman–Crippen LogP) is 1.76. The zero-order valence-corrected chi connectivity index (χ0v) is 12.4. The molecule has 0 fully saturated rings. The second kappa shape index (κ2) is 8.70. The van der Waals surface area contributed by atoms with E-state index in [4.69, 9.17) is 9.68 Å². The predicted molar refractivity (Wildman–Crippen MR) is 78.7 cm³/mol. The Morgan fingerprint density at radius 1 is 0.708 bits per heavy atom. The smallest absolute Gasteiger partial charge is 0.268 e. The van der Waals surface area contributed by atoms with Crippen molar-refractivity contribution in [3.8, 4) is 0 Å². The number of nitrogens with one attached hydrogen (secondary N) is 2. The molecule has 0 spiro atoms. The number of amides is 2. The molecule has 0 saturated carbocycles. The molecule has 126 valence electrons. The van der Waals surface area contributed by atoms with Gasteiger partial charge in [-0.3, -0.25) is 19.3 Å². The summed E-state index contributed by atoms with van der Waals surface area (Å²) in [6, 6.07) is 10.9. The van der Waals surface area contributed by atoms with Gasteiger partial charge in [-0.2, -0.15) is 0 Å². The lowest BCUT2D eigenvalue weighted by molar-refractivity contribution is -0.154. The van der Waals surface area contributed by atoms with E-state index in [9.17, 15) is 18.4 Å². The highest BCUT2D eigenvalue weighted by Crippen LogP contribution is 2.04. The van der Waals surface area contributed by atoms with Gasteiger partial charge >= 0.3 is 11.8 Å². The molecule has 0 saturated heterocycles. The third-order valence-electron chi connectivity index (χ3n) is 2.84. The molecule has 6 nitrogen and oxygen atoms in total. The molecule has 2 N–H and O–H groups in total. The Morgan fingerprint density at radius 3 is 1.38 bits per heavy atom. The van der Waals surface area contributed by atoms with Gasteiger partial charge in [-0.15, -0.1) is 0 Å². The number of rotatable bonds is 6. The van der Waals surface area contributed by atoms with Crippen LogP contribution in [0.2, 0.25) is 0 Å². The number of carbonyl (C=O) groups is 2. The normalized spacial score (nSPS) is 10.2. The number of benzene rings is 2. The second-order valence-electron chi connectivity index (χ2n) is 4.69. The van der Waals surface area contributed by atoms with Crippen molar-refractivity contribution >= 4 is 11.8 Å². The van der Waals surface area contributed by atoms with Crippen LogP contribution in [0.25, 0.3) is 0 Å². The molecule has 2 aromatic rings.